The quantitative estimate of drug-likeness (QED) is 0.156. The zero-order valence-corrected chi connectivity index (χ0v) is 23.4. The summed E-state index contributed by atoms with van der Waals surface area (Å²) in [4.78, 5) is 47.4. The molecule has 6 N–H and O–H groups in total. The second-order valence-electron chi connectivity index (χ2n) is 9.44. The first-order chi connectivity index (χ1) is 20.2. The van der Waals surface area contributed by atoms with E-state index in [1.54, 1.807) is 0 Å². The molecule has 0 spiro atoms. The van der Waals surface area contributed by atoms with Crippen LogP contribution in [0.5, 0.6) is 11.5 Å². The molecule has 0 atom stereocenters. The molecule has 0 aliphatic heterocycles. The minimum absolute atomic E-state index is 0.00292. The minimum Gasteiger partial charge on any atom is -0.506 e. The Morgan fingerprint density at radius 1 is 0.581 bits per heavy atom. The standard InChI is InChI=1S/C30H24N2O10S/c1-15-11-17(3-7-21(15)29(37)38)27(35)31-23-13-19(5-9-25(23)33)43(41,42)20-6-10-26(34)24(14-20)32-28(36)18-4-8-22(30(39)40)16(2)12-18/h3-14,33-34H,1-2H3,(H,31,35)(H,32,36)(H,37,38)(H,39,40). The van der Waals surface area contributed by atoms with E-state index in [4.69, 9.17) is 0 Å². The van der Waals surface area contributed by atoms with Crippen molar-refractivity contribution in [3.63, 3.8) is 0 Å². The summed E-state index contributed by atoms with van der Waals surface area (Å²) >= 11 is 0. The normalized spacial score (nSPS) is 11.0. The minimum atomic E-state index is -4.32. The van der Waals surface area contributed by atoms with Gasteiger partial charge in [-0.25, -0.2) is 18.0 Å². The summed E-state index contributed by atoms with van der Waals surface area (Å²) in [5.74, 6) is -4.66. The van der Waals surface area contributed by atoms with Gasteiger partial charge in [0.2, 0.25) is 9.84 Å². The van der Waals surface area contributed by atoms with Gasteiger partial charge in [0.05, 0.1) is 32.3 Å². The Bertz CT molecular complexity index is 1800. The summed E-state index contributed by atoms with van der Waals surface area (Å²) in [6.45, 7) is 3.02. The number of benzene rings is 4. The van der Waals surface area contributed by atoms with Gasteiger partial charge >= 0.3 is 11.9 Å². The van der Waals surface area contributed by atoms with Crippen molar-refractivity contribution < 1.29 is 48.0 Å². The molecule has 0 heterocycles. The molecule has 0 saturated carbocycles. The summed E-state index contributed by atoms with van der Waals surface area (Å²) < 4.78 is 26.9. The second kappa shape index (κ2) is 11.7. The summed E-state index contributed by atoms with van der Waals surface area (Å²) in [5.41, 5.74) is 0.318. The Hall–Kier alpha value is -5.69. The number of amides is 2. The third kappa shape index (κ3) is 6.31. The van der Waals surface area contributed by atoms with E-state index < -0.39 is 45.1 Å². The van der Waals surface area contributed by atoms with Gasteiger partial charge in [-0.1, -0.05) is 0 Å². The van der Waals surface area contributed by atoms with Crippen LogP contribution in [0.25, 0.3) is 0 Å². The summed E-state index contributed by atoms with van der Waals surface area (Å²) in [7, 11) is -4.32. The Morgan fingerprint density at radius 2 is 0.953 bits per heavy atom. The van der Waals surface area contributed by atoms with Gasteiger partial charge in [-0.05, 0) is 97.8 Å². The van der Waals surface area contributed by atoms with Gasteiger partial charge in [0.25, 0.3) is 11.8 Å². The summed E-state index contributed by atoms with van der Waals surface area (Å²) in [6, 6.07) is 14.1. The number of carboxylic acid groups (broad SMARTS) is 2. The molecule has 0 fully saturated rings. The predicted molar refractivity (Wildman–Crippen MR) is 154 cm³/mol. The number of carboxylic acids is 2. The maximum atomic E-state index is 13.5. The molecule has 4 aromatic carbocycles. The van der Waals surface area contributed by atoms with Crippen molar-refractivity contribution in [2.24, 2.45) is 0 Å². The molecule has 2 amide bonds. The van der Waals surface area contributed by atoms with Crippen LogP contribution < -0.4 is 10.6 Å². The second-order valence-corrected chi connectivity index (χ2v) is 11.4. The van der Waals surface area contributed by atoms with E-state index >= 15 is 0 Å². The largest absolute Gasteiger partial charge is 0.506 e. The van der Waals surface area contributed by atoms with Gasteiger partial charge in [0.15, 0.2) is 0 Å². The number of aromatic hydroxyl groups is 2. The highest BCUT2D eigenvalue weighted by Gasteiger charge is 2.23. The van der Waals surface area contributed by atoms with Crippen LogP contribution in [0, 0.1) is 13.8 Å². The third-order valence-electron chi connectivity index (χ3n) is 6.49. The summed E-state index contributed by atoms with van der Waals surface area (Å²) in [5, 5.41) is 43.8. The zero-order chi connectivity index (χ0) is 31.6. The molecule has 43 heavy (non-hydrogen) atoms. The fourth-order valence-corrected chi connectivity index (χ4v) is 5.49. The van der Waals surface area contributed by atoms with Crippen LogP contribution in [0.3, 0.4) is 0 Å². The molecule has 0 aromatic heterocycles. The van der Waals surface area contributed by atoms with Crippen LogP contribution in [0.15, 0.2) is 82.6 Å². The van der Waals surface area contributed by atoms with Gasteiger partial charge in [0.1, 0.15) is 11.5 Å². The lowest BCUT2D eigenvalue weighted by molar-refractivity contribution is 0.0685. The van der Waals surface area contributed by atoms with E-state index in [1.807, 2.05) is 0 Å². The lowest BCUT2D eigenvalue weighted by Gasteiger charge is -2.13. The number of hydrogen-bond donors (Lipinski definition) is 6. The van der Waals surface area contributed by atoms with Gasteiger partial charge in [-0.3, -0.25) is 9.59 Å². The van der Waals surface area contributed by atoms with Crippen molar-refractivity contribution in [3.8, 4) is 11.5 Å². The highest BCUT2D eigenvalue weighted by molar-refractivity contribution is 7.91. The van der Waals surface area contributed by atoms with E-state index in [1.165, 1.54) is 50.2 Å². The maximum absolute atomic E-state index is 13.5. The van der Waals surface area contributed by atoms with Gasteiger partial charge in [-0.15, -0.1) is 0 Å². The van der Waals surface area contributed by atoms with Crippen molar-refractivity contribution in [1.29, 1.82) is 0 Å². The molecule has 0 unspecified atom stereocenters. The van der Waals surface area contributed by atoms with Crippen LogP contribution in [0.1, 0.15) is 52.6 Å². The molecular formula is C30H24N2O10S. The Balaban J connectivity index is 1.60. The number of rotatable bonds is 8. The van der Waals surface area contributed by atoms with Crippen LogP contribution in [-0.4, -0.2) is 52.6 Å². The van der Waals surface area contributed by atoms with Crippen LogP contribution in [-0.2, 0) is 9.84 Å². The number of aromatic carboxylic acids is 2. The van der Waals surface area contributed by atoms with E-state index in [-0.39, 0.29) is 43.4 Å². The lowest BCUT2D eigenvalue weighted by Crippen LogP contribution is -2.14. The predicted octanol–water partition coefficient (Wildman–Crippen LogP) is 4.45. The Kier molecular flexibility index (Phi) is 8.21. The molecule has 0 aliphatic rings. The van der Waals surface area contributed by atoms with E-state index in [2.05, 4.69) is 10.6 Å². The Labute approximate surface area is 244 Å². The topological polar surface area (TPSA) is 207 Å². The first-order valence-corrected chi connectivity index (χ1v) is 13.9. The Morgan fingerprint density at radius 3 is 1.28 bits per heavy atom. The van der Waals surface area contributed by atoms with E-state index in [9.17, 15) is 48.0 Å². The first-order valence-electron chi connectivity index (χ1n) is 12.4. The molecule has 4 rings (SSSR count). The number of anilines is 2. The number of phenolic OH excluding ortho intramolecular Hbond substituents is 2. The van der Waals surface area contributed by atoms with Gasteiger partial charge in [0, 0.05) is 11.1 Å². The van der Waals surface area contributed by atoms with E-state index in [0.717, 1.165) is 36.4 Å². The molecule has 4 aromatic rings. The highest BCUT2D eigenvalue weighted by Crippen LogP contribution is 2.33. The first kappa shape index (κ1) is 30.3. The van der Waals surface area contributed by atoms with Crippen molar-refractivity contribution in [3.05, 3.63) is 106 Å². The summed E-state index contributed by atoms with van der Waals surface area (Å²) in [6.07, 6.45) is 0. The SMILES string of the molecule is Cc1cc(C(=O)Nc2cc(S(=O)(=O)c3ccc(O)c(NC(=O)c4ccc(C(=O)O)c(C)c4)c3)ccc2O)ccc1C(=O)O. The van der Waals surface area contributed by atoms with E-state index in [0.29, 0.717) is 11.1 Å². The monoisotopic (exact) mass is 604 g/mol. The number of sulfone groups is 1. The van der Waals surface area contributed by atoms with Crippen LogP contribution in [0.2, 0.25) is 0 Å². The average molecular weight is 605 g/mol. The molecular weight excluding hydrogens is 580 g/mol. The van der Waals surface area contributed by atoms with Crippen molar-refractivity contribution >= 4 is 45.0 Å². The van der Waals surface area contributed by atoms with Crippen LogP contribution >= 0.6 is 0 Å². The van der Waals surface area contributed by atoms with Gasteiger partial charge in [-0.2, -0.15) is 0 Å². The third-order valence-corrected chi connectivity index (χ3v) is 8.24. The molecule has 0 radical (unpaired) electrons. The molecule has 220 valence electrons. The average Bonchev–Trinajstić information content (AvgIpc) is 2.94. The number of nitrogens with one attached hydrogen (secondary N) is 2. The van der Waals surface area contributed by atoms with Crippen molar-refractivity contribution in [2.45, 2.75) is 23.6 Å². The molecule has 0 aliphatic carbocycles. The number of carbonyl (C=O) groups is 4. The molecule has 0 saturated heterocycles. The number of phenols is 2. The fraction of sp³-hybridized carbons (Fsp3) is 0.0667. The van der Waals surface area contributed by atoms with Crippen molar-refractivity contribution in [2.75, 3.05) is 10.6 Å². The molecule has 13 heteroatoms. The zero-order valence-electron chi connectivity index (χ0n) is 22.6. The number of aryl methyl sites for hydroxylation is 2. The lowest BCUT2D eigenvalue weighted by atomic mass is 10.0. The van der Waals surface area contributed by atoms with Crippen LogP contribution in [0.4, 0.5) is 11.4 Å². The number of hydrogen-bond acceptors (Lipinski definition) is 8. The van der Waals surface area contributed by atoms with Crippen molar-refractivity contribution in [1.82, 2.24) is 0 Å². The van der Waals surface area contributed by atoms with Gasteiger partial charge < -0.3 is 31.1 Å². The highest BCUT2D eigenvalue weighted by atomic mass is 32.2. The smallest absolute Gasteiger partial charge is 0.335 e. The molecule has 12 nitrogen and oxygen atoms in total. The number of carbonyl (C=O) groups excluding carboxylic acids is 2. The fourth-order valence-electron chi connectivity index (χ4n) is 4.18. The molecule has 0 bridgehead atoms. The maximum Gasteiger partial charge on any atom is 0.335 e.